The Balaban J connectivity index is 2.41. The number of carbonyl (C=O) groups is 1. The van der Waals surface area contributed by atoms with Gasteiger partial charge in [-0.25, -0.2) is 16.8 Å². The quantitative estimate of drug-likeness (QED) is 0.224. The van der Waals surface area contributed by atoms with E-state index in [1.165, 1.54) is 48.5 Å². The van der Waals surface area contributed by atoms with Gasteiger partial charge in [-0.2, -0.15) is 3.71 Å². The monoisotopic (exact) mass is 495 g/mol. The Kier molecular flexibility index (Phi) is 8.20. The van der Waals surface area contributed by atoms with E-state index in [0.29, 0.717) is 12.0 Å². The highest BCUT2D eigenvalue weighted by Crippen LogP contribution is 2.32. The summed E-state index contributed by atoms with van der Waals surface area (Å²) in [5, 5.41) is 0. The average Bonchev–Trinajstić information content (AvgIpc) is 2.87. The van der Waals surface area contributed by atoms with Crippen molar-refractivity contribution in [3.63, 3.8) is 0 Å². The number of benzene rings is 3. The first kappa shape index (κ1) is 25.1. The topological polar surface area (TPSA) is 88.6 Å². The van der Waals surface area contributed by atoms with Crippen molar-refractivity contribution in [2.45, 2.75) is 29.6 Å². The summed E-state index contributed by atoms with van der Waals surface area (Å²) in [6.07, 6.45) is 5.15. The first-order valence-electron chi connectivity index (χ1n) is 10.7. The van der Waals surface area contributed by atoms with Crippen molar-refractivity contribution < 1.29 is 21.6 Å². The van der Waals surface area contributed by atoms with Crippen molar-refractivity contribution in [1.82, 2.24) is 3.71 Å². The van der Waals surface area contributed by atoms with Gasteiger partial charge in [-0.1, -0.05) is 92.2 Å². The van der Waals surface area contributed by atoms with Crippen LogP contribution in [0.4, 0.5) is 0 Å². The van der Waals surface area contributed by atoms with Crippen molar-refractivity contribution in [2.24, 2.45) is 0 Å². The lowest BCUT2D eigenvalue weighted by atomic mass is 10.0. The van der Waals surface area contributed by atoms with E-state index in [9.17, 15) is 21.6 Å². The van der Waals surface area contributed by atoms with Crippen LogP contribution in [0.3, 0.4) is 0 Å². The molecule has 0 unspecified atom stereocenters. The van der Waals surface area contributed by atoms with E-state index in [0.717, 1.165) is 6.42 Å². The summed E-state index contributed by atoms with van der Waals surface area (Å²) < 4.78 is 55.2. The van der Waals surface area contributed by atoms with Crippen LogP contribution < -0.4 is 0 Å². The molecule has 8 heteroatoms. The van der Waals surface area contributed by atoms with E-state index in [1.54, 1.807) is 54.6 Å². The maximum Gasteiger partial charge on any atom is 0.277 e. The Morgan fingerprint density at radius 2 is 1.18 bits per heavy atom. The molecule has 0 saturated heterocycles. The van der Waals surface area contributed by atoms with E-state index in [1.807, 2.05) is 6.92 Å². The van der Waals surface area contributed by atoms with Gasteiger partial charge in [0.15, 0.2) is 6.29 Å². The second-order valence-electron chi connectivity index (χ2n) is 7.31. The Morgan fingerprint density at radius 1 is 0.735 bits per heavy atom. The molecule has 3 aromatic rings. The first-order valence-corrected chi connectivity index (χ1v) is 13.5. The third-order valence-electron chi connectivity index (χ3n) is 4.93. The molecule has 0 radical (unpaired) electrons. The van der Waals surface area contributed by atoms with Gasteiger partial charge < -0.3 is 0 Å². The zero-order chi connectivity index (χ0) is 24.6. The van der Waals surface area contributed by atoms with E-state index < -0.39 is 25.7 Å². The molecule has 0 aliphatic rings. The normalized spacial score (nSPS) is 12.9. The molecule has 0 aliphatic carbocycles. The fourth-order valence-electron chi connectivity index (χ4n) is 3.28. The molecule has 0 saturated carbocycles. The molecule has 3 aromatic carbocycles. The van der Waals surface area contributed by atoms with Gasteiger partial charge in [0.05, 0.1) is 9.79 Å². The Labute approximate surface area is 201 Å². The number of nitrogens with zero attached hydrogens (tertiary/aromatic N) is 1. The molecule has 0 spiro atoms. The number of unbranched alkanes of at least 4 members (excludes halogenated alkanes) is 1. The maximum absolute atomic E-state index is 13.7. The largest absolute Gasteiger partial charge is 0.296 e. The van der Waals surface area contributed by atoms with Gasteiger partial charge in [0.2, 0.25) is 0 Å². The Bertz CT molecular complexity index is 1310. The van der Waals surface area contributed by atoms with E-state index in [-0.39, 0.29) is 25.4 Å². The van der Waals surface area contributed by atoms with Crippen LogP contribution in [0, 0.1) is 0 Å². The van der Waals surface area contributed by atoms with Gasteiger partial charge in [0, 0.05) is 5.57 Å². The van der Waals surface area contributed by atoms with Crippen molar-refractivity contribution in [2.75, 3.05) is 0 Å². The molecule has 0 bridgehead atoms. The van der Waals surface area contributed by atoms with Crippen LogP contribution in [0.15, 0.2) is 119 Å². The molecule has 0 N–H and O–H groups in total. The predicted molar refractivity (Wildman–Crippen MR) is 133 cm³/mol. The molecule has 0 heterocycles. The highest BCUT2D eigenvalue weighted by molar-refractivity contribution is 8.04. The van der Waals surface area contributed by atoms with Crippen LogP contribution in [-0.2, 0) is 24.8 Å². The maximum atomic E-state index is 13.7. The van der Waals surface area contributed by atoms with Crippen LogP contribution in [-0.4, -0.2) is 26.8 Å². The molecule has 3 rings (SSSR count). The van der Waals surface area contributed by atoms with Crippen LogP contribution >= 0.6 is 0 Å². The molecule has 6 nitrogen and oxygen atoms in total. The van der Waals surface area contributed by atoms with Crippen LogP contribution in [0.5, 0.6) is 0 Å². The number of hydrogen-bond donors (Lipinski definition) is 0. The lowest BCUT2D eigenvalue weighted by molar-refractivity contribution is -0.105. The lowest BCUT2D eigenvalue weighted by Crippen LogP contribution is -2.37. The molecule has 0 amide bonds. The zero-order valence-electron chi connectivity index (χ0n) is 18.6. The lowest BCUT2D eigenvalue weighted by Gasteiger charge is -2.25. The number of allylic oxidation sites excluding steroid dienone is 4. The molecule has 34 heavy (non-hydrogen) atoms. The summed E-state index contributed by atoms with van der Waals surface area (Å²) in [6, 6.07) is 23.0. The van der Waals surface area contributed by atoms with E-state index in [2.05, 4.69) is 0 Å². The number of rotatable bonds is 10. The highest BCUT2D eigenvalue weighted by Gasteiger charge is 2.39. The summed E-state index contributed by atoms with van der Waals surface area (Å²) in [6.45, 7) is 1.98. The van der Waals surface area contributed by atoms with Crippen molar-refractivity contribution in [3.05, 3.63) is 114 Å². The predicted octanol–water partition coefficient (Wildman–Crippen LogP) is 5.03. The zero-order valence-corrected chi connectivity index (χ0v) is 20.2. The molecular formula is C26H25NO5S2. The van der Waals surface area contributed by atoms with Crippen molar-refractivity contribution in [1.29, 1.82) is 0 Å². The highest BCUT2D eigenvalue weighted by atomic mass is 32.3. The third-order valence-corrected chi connectivity index (χ3v) is 9.11. The van der Waals surface area contributed by atoms with E-state index >= 15 is 0 Å². The smallest absolute Gasteiger partial charge is 0.277 e. The molecular weight excluding hydrogens is 470 g/mol. The van der Waals surface area contributed by atoms with Crippen LogP contribution in [0.25, 0.3) is 5.57 Å². The molecule has 0 atom stereocenters. The SMILES string of the molecule is CCC/C=C/C(=C(/C=O)N(S(=O)(=O)c1ccccc1)S(=O)(=O)c1ccccc1)c1ccccc1. The Morgan fingerprint density at radius 3 is 1.59 bits per heavy atom. The fraction of sp³-hybridized carbons (Fsp3) is 0.115. The summed E-state index contributed by atoms with van der Waals surface area (Å²) >= 11 is 0. The molecule has 176 valence electrons. The third kappa shape index (κ3) is 5.35. The minimum Gasteiger partial charge on any atom is -0.296 e. The first-order chi connectivity index (χ1) is 16.3. The molecule has 0 fully saturated rings. The average molecular weight is 496 g/mol. The van der Waals surface area contributed by atoms with Crippen molar-refractivity contribution >= 4 is 31.9 Å². The minimum absolute atomic E-state index is 0.183. The summed E-state index contributed by atoms with van der Waals surface area (Å²) in [7, 11) is -9.36. The van der Waals surface area contributed by atoms with E-state index in [4.69, 9.17) is 0 Å². The summed E-state index contributed by atoms with van der Waals surface area (Å²) in [5.41, 5.74) is 0.197. The minimum atomic E-state index is -4.68. The molecule has 0 aromatic heterocycles. The summed E-state index contributed by atoms with van der Waals surface area (Å²) in [4.78, 5) is 12.0. The standard InChI is InChI=1S/C26H25NO5S2/c1-2-3-7-20-25(22-14-8-4-9-15-22)26(21-28)27(33(29,30)23-16-10-5-11-17-23)34(31,32)24-18-12-6-13-19-24/h4-21H,2-3H2,1H3/b20-7+,26-25+. The van der Waals surface area contributed by atoms with Gasteiger partial charge >= 0.3 is 0 Å². The summed E-state index contributed by atoms with van der Waals surface area (Å²) in [5.74, 6) is 0. The number of carbonyl (C=O) groups excluding carboxylic acids is 1. The van der Waals surface area contributed by atoms with Gasteiger partial charge in [0.1, 0.15) is 5.70 Å². The van der Waals surface area contributed by atoms with Crippen molar-refractivity contribution in [3.8, 4) is 0 Å². The second-order valence-corrected chi connectivity index (χ2v) is 11.1. The Hall–Kier alpha value is -3.49. The second kappa shape index (κ2) is 11.1. The fourth-order valence-corrected chi connectivity index (χ4v) is 7.02. The number of aldehydes is 1. The van der Waals surface area contributed by atoms with Crippen LogP contribution in [0.2, 0.25) is 0 Å². The molecule has 0 aliphatic heterocycles. The van der Waals surface area contributed by atoms with Gasteiger partial charge in [-0.15, -0.1) is 0 Å². The number of sulfonamides is 2. The van der Waals surface area contributed by atoms with Crippen LogP contribution in [0.1, 0.15) is 25.3 Å². The van der Waals surface area contributed by atoms with Gasteiger partial charge in [-0.05, 0) is 36.2 Å². The van der Waals surface area contributed by atoms with Gasteiger partial charge in [-0.3, -0.25) is 4.79 Å². The number of hydrogen-bond acceptors (Lipinski definition) is 5. The van der Waals surface area contributed by atoms with Gasteiger partial charge in [0.25, 0.3) is 20.0 Å².